The van der Waals surface area contributed by atoms with Crippen LogP contribution in [-0.4, -0.2) is 37.0 Å². The zero-order chi connectivity index (χ0) is 13.2. The fraction of sp³-hybridized carbons (Fsp3) is 0.417. The molecule has 0 spiro atoms. The van der Waals surface area contributed by atoms with Crippen molar-refractivity contribution in [3.05, 3.63) is 35.4 Å². The Labute approximate surface area is 106 Å². The fourth-order valence-corrected chi connectivity index (χ4v) is 3.62. The van der Waals surface area contributed by atoms with Gasteiger partial charge in [0.05, 0.1) is 23.5 Å². The Morgan fingerprint density at radius 3 is 2.78 bits per heavy atom. The maximum atomic E-state index is 12.1. The van der Waals surface area contributed by atoms with Gasteiger partial charge in [0, 0.05) is 13.1 Å². The van der Waals surface area contributed by atoms with E-state index >= 15 is 0 Å². The van der Waals surface area contributed by atoms with E-state index in [4.69, 9.17) is 5.26 Å². The van der Waals surface area contributed by atoms with E-state index in [0.29, 0.717) is 24.1 Å². The van der Waals surface area contributed by atoms with Crippen molar-refractivity contribution >= 4 is 10.0 Å². The smallest absolute Gasteiger partial charge is 0.218 e. The molecule has 1 aromatic rings. The summed E-state index contributed by atoms with van der Waals surface area (Å²) in [6.07, 6.45) is -0.106. The van der Waals surface area contributed by atoms with Crippen molar-refractivity contribution in [3.8, 4) is 6.07 Å². The lowest BCUT2D eigenvalue weighted by Crippen LogP contribution is -2.31. The maximum absolute atomic E-state index is 12.1. The summed E-state index contributed by atoms with van der Waals surface area (Å²) in [7, 11) is -3.46. The summed E-state index contributed by atoms with van der Waals surface area (Å²) in [6, 6.07) is 8.64. The van der Waals surface area contributed by atoms with E-state index in [1.807, 2.05) is 6.07 Å². The largest absolute Gasteiger partial charge is 0.392 e. The number of nitriles is 1. The summed E-state index contributed by atoms with van der Waals surface area (Å²) in [5.74, 6) is -0.191. The number of aliphatic hydroxyl groups excluding tert-OH is 1. The Kier molecular flexibility index (Phi) is 3.66. The van der Waals surface area contributed by atoms with Gasteiger partial charge in [-0.2, -0.15) is 9.57 Å². The highest BCUT2D eigenvalue weighted by Crippen LogP contribution is 2.19. The molecule has 0 aromatic heterocycles. The van der Waals surface area contributed by atoms with Gasteiger partial charge in [0.25, 0.3) is 0 Å². The van der Waals surface area contributed by atoms with Crippen LogP contribution >= 0.6 is 0 Å². The second kappa shape index (κ2) is 5.06. The molecule has 0 amide bonds. The molecule has 1 aliphatic heterocycles. The van der Waals surface area contributed by atoms with Crippen LogP contribution in [0.3, 0.4) is 0 Å². The molecule has 1 atom stereocenters. The van der Waals surface area contributed by atoms with E-state index in [1.165, 1.54) is 4.31 Å². The Balaban J connectivity index is 2.21. The van der Waals surface area contributed by atoms with Crippen molar-refractivity contribution < 1.29 is 13.5 Å². The second-order valence-electron chi connectivity index (χ2n) is 4.33. The van der Waals surface area contributed by atoms with Crippen molar-refractivity contribution in [2.75, 3.05) is 13.1 Å². The fourth-order valence-electron chi connectivity index (χ4n) is 2.01. The molecule has 0 radical (unpaired) electrons. The Hall–Kier alpha value is -1.42. The molecule has 0 saturated carbocycles. The average molecular weight is 266 g/mol. The SMILES string of the molecule is N#Cc1ccccc1CS(=O)(=O)N1CCC(O)C1. The monoisotopic (exact) mass is 266 g/mol. The zero-order valence-electron chi connectivity index (χ0n) is 9.78. The van der Waals surface area contributed by atoms with Crippen LogP contribution in [0.1, 0.15) is 17.5 Å². The lowest BCUT2D eigenvalue weighted by atomic mass is 10.1. The van der Waals surface area contributed by atoms with Gasteiger partial charge in [-0.15, -0.1) is 0 Å². The number of β-amino-alcohol motifs (C(OH)–C–C–N with tert-alkyl or cyclic N) is 1. The molecule has 0 bridgehead atoms. The molecule has 1 fully saturated rings. The first kappa shape index (κ1) is 13.0. The highest BCUT2D eigenvalue weighted by Gasteiger charge is 2.30. The second-order valence-corrected chi connectivity index (χ2v) is 6.29. The summed E-state index contributed by atoms with van der Waals surface area (Å²) >= 11 is 0. The minimum absolute atomic E-state index is 0.150. The van der Waals surface area contributed by atoms with Crippen LogP contribution in [0.4, 0.5) is 0 Å². The summed E-state index contributed by atoms with van der Waals surface area (Å²) in [5.41, 5.74) is 0.877. The Morgan fingerprint density at radius 1 is 1.44 bits per heavy atom. The predicted octanol–water partition coefficient (Wildman–Crippen LogP) is 0.455. The zero-order valence-corrected chi connectivity index (χ0v) is 10.6. The molecular weight excluding hydrogens is 252 g/mol. The van der Waals surface area contributed by atoms with Gasteiger partial charge in [-0.25, -0.2) is 8.42 Å². The van der Waals surface area contributed by atoms with Crippen LogP contribution in [0.5, 0.6) is 0 Å². The summed E-state index contributed by atoms with van der Waals surface area (Å²) in [5, 5.41) is 18.3. The molecule has 2 rings (SSSR count). The van der Waals surface area contributed by atoms with Gasteiger partial charge in [-0.1, -0.05) is 18.2 Å². The first-order valence-electron chi connectivity index (χ1n) is 5.67. The lowest BCUT2D eigenvalue weighted by molar-refractivity contribution is 0.189. The molecule has 1 unspecified atom stereocenters. The number of nitrogens with zero attached hydrogens (tertiary/aromatic N) is 2. The van der Waals surface area contributed by atoms with Gasteiger partial charge < -0.3 is 5.11 Å². The van der Waals surface area contributed by atoms with E-state index in [2.05, 4.69) is 0 Å². The van der Waals surface area contributed by atoms with Gasteiger partial charge in [0.15, 0.2) is 0 Å². The van der Waals surface area contributed by atoms with Crippen LogP contribution in [0, 0.1) is 11.3 Å². The van der Waals surface area contributed by atoms with Gasteiger partial charge in [-0.05, 0) is 18.1 Å². The van der Waals surface area contributed by atoms with Crippen LogP contribution in [0.2, 0.25) is 0 Å². The number of hydrogen-bond acceptors (Lipinski definition) is 4. The van der Waals surface area contributed by atoms with E-state index in [-0.39, 0.29) is 12.3 Å². The third kappa shape index (κ3) is 2.70. The molecule has 1 saturated heterocycles. The third-order valence-electron chi connectivity index (χ3n) is 3.00. The minimum Gasteiger partial charge on any atom is -0.392 e. The highest BCUT2D eigenvalue weighted by atomic mass is 32.2. The number of aliphatic hydroxyl groups is 1. The first-order chi connectivity index (χ1) is 8.53. The molecule has 1 aliphatic rings. The van der Waals surface area contributed by atoms with Gasteiger partial charge in [0.2, 0.25) is 10.0 Å². The molecule has 96 valence electrons. The molecule has 1 aromatic carbocycles. The quantitative estimate of drug-likeness (QED) is 0.861. The van der Waals surface area contributed by atoms with E-state index in [9.17, 15) is 13.5 Å². The summed E-state index contributed by atoms with van der Waals surface area (Å²) in [4.78, 5) is 0. The number of hydrogen-bond donors (Lipinski definition) is 1. The minimum atomic E-state index is -3.46. The number of sulfonamides is 1. The molecular formula is C12H14N2O3S. The van der Waals surface area contributed by atoms with Gasteiger partial charge >= 0.3 is 0 Å². The van der Waals surface area contributed by atoms with Crippen LogP contribution in [0.15, 0.2) is 24.3 Å². The average Bonchev–Trinajstić information content (AvgIpc) is 2.77. The van der Waals surface area contributed by atoms with Crippen molar-refractivity contribution in [2.24, 2.45) is 0 Å². The highest BCUT2D eigenvalue weighted by molar-refractivity contribution is 7.88. The van der Waals surface area contributed by atoms with Gasteiger partial charge in [0.1, 0.15) is 0 Å². The number of benzene rings is 1. The van der Waals surface area contributed by atoms with E-state index in [1.54, 1.807) is 24.3 Å². The first-order valence-corrected chi connectivity index (χ1v) is 7.28. The van der Waals surface area contributed by atoms with E-state index < -0.39 is 16.1 Å². The topological polar surface area (TPSA) is 81.4 Å². The van der Waals surface area contributed by atoms with Crippen molar-refractivity contribution in [3.63, 3.8) is 0 Å². The standard InChI is InChI=1S/C12H14N2O3S/c13-7-10-3-1-2-4-11(10)9-18(16,17)14-6-5-12(15)8-14/h1-4,12,15H,5-6,8-9H2. The van der Waals surface area contributed by atoms with Crippen LogP contribution < -0.4 is 0 Å². The molecule has 0 aliphatic carbocycles. The Morgan fingerprint density at radius 2 is 2.17 bits per heavy atom. The molecule has 6 heteroatoms. The molecule has 1 N–H and O–H groups in total. The summed E-state index contributed by atoms with van der Waals surface area (Å²) in [6.45, 7) is 0.495. The molecule has 5 nitrogen and oxygen atoms in total. The summed E-state index contributed by atoms with van der Waals surface area (Å²) < 4.78 is 25.5. The number of rotatable bonds is 3. The van der Waals surface area contributed by atoms with Crippen LogP contribution in [0.25, 0.3) is 0 Å². The molecule has 18 heavy (non-hydrogen) atoms. The van der Waals surface area contributed by atoms with Gasteiger partial charge in [-0.3, -0.25) is 0 Å². The van der Waals surface area contributed by atoms with E-state index in [0.717, 1.165) is 0 Å². The normalized spacial score (nSPS) is 20.8. The Bertz CT molecular complexity index is 577. The third-order valence-corrected chi connectivity index (χ3v) is 4.79. The van der Waals surface area contributed by atoms with Crippen LogP contribution in [-0.2, 0) is 15.8 Å². The van der Waals surface area contributed by atoms with Crippen molar-refractivity contribution in [1.29, 1.82) is 5.26 Å². The molecule has 1 heterocycles. The predicted molar refractivity (Wildman–Crippen MR) is 66.0 cm³/mol. The lowest BCUT2D eigenvalue weighted by Gasteiger charge is -2.16. The maximum Gasteiger partial charge on any atom is 0.218 e. The van der Waals surface area contributed by atoms with Crippen molar-refractivity contribution in [2.45, 2.75) is 18.3 Å². The van der Waals surface area contributed by atoms with Crippen molar-refractivity contribution in [1.82, 2.24) is 4.31 Å².